The van der Waals surface area contributed by atoms with E-state index in [-0.39, 0.29) is 23.1 Å². The Morgan fingerprint density at radius 2 is 1.64 bits per heavy atom. The SMILES string of the molecule is O=C1C[C@H](c2ccc(OCc3ccccc3)cc2)c2sc(C(=O)O)c(-c3ccccc3)c2N1. The topological polar surface area (TPSA) is 75.6 Å². The molecule has 0 aliphatic carbocycles. The number of hydrogen-bond acceptors (Lipinski definition) is 4. The number of carboxylic acids is 1. The van der Waals surface area contributed by atoms with Gasteiger partial charge in [-0.05, 0) is 28.8 Å². The predicted molar refractivity (Wildman–Crippen MR) is 129 cm³/mol. The van der Waals surface area contributed by atoms with Crippen molar-refractivity contribution in [3.8, 4) is 16.9 Å². The van der Waals surface area contributed by atoms with Crippen LogP contribution >= 0.6 is 11.3 Å². The van der Waals surface area contributed by atoms with E-state index in [0.717, 1.165) is 27.3 Å². The van der Waals surface area contributed by atoms with E-state index >= 15 is 0 Å². The van der Waals surface area contributed by atoms with Crippen molar-refractivity contribution in [2.75, 3.05) is 5.32 Å². The van der Waals surface area contributed by atoms with Crippen molar-refractivity contribution in [2.24, 2.45) is 0 Å². The Morgan fingerprint density at radius 3 is 2.30 bits per heavy atom. The highest BCUT2D eigenvalue weighted by molar-refractivity contribution is 7.15. The highest BCUT2D eigenvalue weighted by atomic mass is 32.1. The third kappa shape index (κ3) is 4.25. The Hall–Kier alpha value is -3.90. The zero-order chi connectivity index (χ0) is 22.8. The second kappa shape index (κ2) is 8.92. The molecule has 0 bridgehead atoms. The van der Waals surface area contributed by atoms with Gasteiger partial charge in [0, 0.05) is 22.8 Å². The maximum absolute atomic E-state index is 12.6. The minimum atomic E-state index is -0.995. The van der Waals surface area contributed by atoms with Crippen LogP contribution in [0.5, 0.6) is 5.75 Å². The average molecular weight is 456 g/mol. The normalized spacial score (nSPS) is 14.9. The van der Waals surface area contributed by atoms with E-state index in [2.05, 4.69) is 5.32 Å². The summed E-state index contributed by atoms with van der Waals surface area (Å²) in [5, 5.41) is 12.8. The number of hydrogen-bond donors (Lipinski definition) is 2. The molecule has 164 valence electrons. The highest BCUT2D eigenvalue weighted by Gasteiger charge is 2.34. The molecule has 33 heavy (non-hydrogen) atoms. The van der Waals surface area contributed by atoms with Crippen molar-refractivity contribution in [3.63, 3.8) is 0 Å². The van der Waals surface area contributed by atoms with Gasteiger partial charge in [-0.2, -0.15) is 0 Å². The average Bonchev–Trinajstić information content (AvgIpc) is 3.23. The van der Waals surface area contributed by atoms with Crippen molar-refractivity contribution in [3.05, 3.63) is 106 Å². The number of carbonyl (C=O) groups excluding carboxylic acids is 1. The summed E-state index contributed by atoms with van der Waals surface area (Å²) in [6.07, 6.45) is 0.269. The maximum atomic E-state index is 12.6. The highest BCUT2D eigenvalue weighted by Crippen LogP contribution is 2.49. The number of thiophene rings is 1. The van der Waals surface area contributed by atoms with E-state index in [1.54, 1.807) is 0 Å². The van der Waals surface area contributed by atoms with Crippen LogP contribution in [0.3, 0.4) is 0 Å². The van der Waals surface area contributed by atoms with Crippen LogP contribution in [-0.2, 0) is 11.4 Å². The lowest BCUT2D eigenvalue weighted by molar-refractivity contribution is -0.116. The van der Waals surface area contributed by atoms with Crippen LogP contribution in [-0.4, -0.2) is 17.0 Å². The number of amides is 1. The van der Waals surface area contributed by atoms with E-state index in [1.807, 2.05) is 84.9 Å². The second-order valence-electron chi connectivity index (χ2n) is 7.86. The first-order chi connectivity index (χ1) is 16.1. The molecule has 0 fully saturated rings. The molecule has 5 rings (SSSR count). The van der Waals surface area contributed by atoms with Gasteiger partial charge in [0.1, 0.15) is 17.2 Å². The van der Waals surface area contributed by atoms with Crippen LogP contribution in [0, 0.1) is 0 Å². The van der Waals surface area contributed by atoms with E-state index in [4.69, 9.17) is 4.74 Å². The quantitative estimate of drug-likeness (QED) is 0.365. The van der Waals surface area contributed by atoms with Crippen LogP contribution in [0.1, 0.15) is 38.0 Å². The third-order valence-corrected chi connectivity index (χ3v) is 6.98. The van der Waals surface area contributed by atoms with Crippen molar-refractivity contribution >= 4 is 28.9 Å². The number of carbonyl (C=O) groups is 2. The molecule has 1 aromatic heterocycles. The number of fused-ring (bicyclic) bond motifs is 1. The van der Waals surface area contributed by atoms with Crippen LogP contribution in [0.2, 0.25) is 0 Å². The molecule has 0 saturated carbocycles. The number of aromatic carboxylic acids is 1. The lowest BCUT2D eigenvalue weighted by atomic mass is 9.88. The molecule has 0 spiro atoms. The molecule has 1 atom stereocenters. The Balaban J connectivity index is 1.47. The zero-order valence-electron chi connectivity index (χ0n) is 17.7. The number of anilines is 1. The molecule has 5 nitrogen and oxygen atoms in total. The summed E-state index contributed by atoms with van der Waals surface area (Å²) < 4.78 is 5.88. The van der Waals surface area contributed by atoms with Crippen molar-refractivity contribution in [2.45, 2.75) is 18.9 Å². The van der Waals surface area contributed by atoms with Gasteiger partial charge in [0.05, 0.1) is 5.69 Å². The Bertz CT molecular complexity index is 1300. The van der Waals surface area contributed by atoms with Gasteiger partial charge in [0.15, 0.2) is 0 Å². The van der Waals surface area contributed by atoms with Gasteiger partial charge < -0.3 is 15.2 Å². The molecule has 0 saturated heterocycles. The second-order valence-corrected chi connectivity index (χ2v) is 8.92. The number of carboxylic acid groups (broad SMARTS) is 1. The molecular formula is C27H21NO4S. The molecule has 1 aliphatic rings. The monoisotopic (exact) mass is 455 g/mol. The molecule has 1 amide bonds. The summed E-state index contributed by atoms with van der Waals surface area (Å²) >= 11 is 1.24. The summed E-state index contributed by atoms with van der Waals surface area (Å²) in [6.45, 7) is 0.476. The van der Waals surface area contributed by atoms with Crippen LogP contribution < -0.4 is 10.1 Å². The standard InChI is InChI=1S/C27H21NO4S/c29-22-15-21(18-11-13-20(14-12-18)32-16-17-7-3-1-4-8-17)25-24(28-22)23(26(33-25)27(30)31)19-9-5-2-6-10-19/h1-14,21H,15-16H2,(H,28,29)(H,30,31)/t21-/m1/s1. The fraction of sp³-hybridized carbons (Fsp3) is 0.111. The van der Waals surface area contributed by atoms with Crippen LogP contribution in [0.15, 0.2) is 84.9 Å². The first kappa shape index (κ1) is 21.0. The van der Waals surface area contributed by atoms with Crippen molar-refractivity contribution in [1.29, 1.82) is 0 Å². The van der Waals surface area contributed by atoms with E-state index in [0.29, 0.717) is 17.9 Å². The minimum absolute atomic E-state index is 0.121. The lowest BCUT2D eigenvalue weighted by Gasteiger charge is -2.24. The first-order valence-electron chi connectivity index (χ1n) is 10.6. The molecular weight excluding hydrogens is 434 g/mol. The molecule has 4 aromatic rings. The Kier molecular flexibility index (Phi) is 5.67. The zero-order valence-corrected chi connectivity index (χ0v) is 18.5. The maximum Gasteiger partial charge on any atom is 0.346 e. The number of rotatable bonds is 6. The molecule has 2 heterocycles. The van der Waals surface area contributed by atoms with Crippen molar-refractivity contribution in [1.82, 2.24) is 0 Å². The fourth-order valence-corrected chi connectivity index (χ4v) is 5.37. The molecule has 6 heteroatoms. The Labute approximate surface area is 195 Å². The summed E-state index contributed by atoms with van der Waals surface area (Å²) in [5.41, 5.74) is 4.00. The third-order valence-electron chi connectivity index (χ3n) is 5.69. The summed E-state index contributed by atoms with van der Waals surface area (Å²) in [4.78, 5) is 25.8. The van der Waals surface area contributed by atoms with Gasteiger partial charge in [-0.1, -0.05) is 72.8 Å². The molecule has 0 radical (unpaired) electrons. The van der Waals surface area contributed by atoms with Gasteiger partial charge >= 0.3 is 5.97 Å². The van der Waals surface area contributed by atoms with Gasteiger partial charge in [-0.25, -0.2) is 4.79 Å². The van der Waals surface area contributed by atoms with Gasteiger partial charge in [-0.3, -0.25) is 4.79 Å². The number of nitrogens with one attached hydrogen (secondary N) is 1. The molecule has 3 aromatic carbocycles. The minimum Gasteiger partial charge on any atom is -0.489 e. The van der Waals surface area contributed by atoms with E-state index < -0.39 is 5.97 Å². The van der Waals surface area contributed by atoms with Crippen LogP contribution in [0.4, 0.5) is 5.69 Å². The Morgan fingerprint density at radius 1 is 0.970 bits per heavy atom. The number of benzene rings is 3. The van der Waals surface area contributed by atoms with Crippen LogP contribution in [0.25, 0.3) is 11.1 Å². The summed E-state index contributed by atoms with van der Waals surface area (Å²) in [7, 11) is 0. The molecule has 2 N–H and O–H groups in total. The summed E-state index contributed by atoms with van der Waals surface area (Å²) in [6, 6.07) is 27.0. The summed E-state index contributed by atoms with van der Waals surface area (Å²) in [5.74, 6) is -0.585. The lowest BCUT2D eigenvalue weighted by Crippen LogP contribution is -2.22. The van der Waals surface area contributed by atoms with E-state index in [1.165, 1.54) is 11.3 Å². The number of ether oxygens (including phenoxy) is 1. The van der Waals surface area contributed by atoms with Gasteiger partial charge in [-0.15, -0.1) is 11.3 Å². The van der Waals surface area contributed by atoms with Crippen molar-refractivity contribution < 1.29 is 19.4 Å². The smallest absolute Gasteiger partial charge is 0.346 e. The fourth-order valence-electron chi connectivity index (χ4n) is 4.12. The largest absolute Gasteiger partial charge is 0.489 e. The molecule has 0 unspecified atom stereocenters. The van der Waals surface area contributed by atoms with Gasteiger partial charge in [0.2, 0.25) is 5.91 Å². The van der Waals surface area contributed by atoms with Gasteiger partial charge in [0.25, 0.3) is 0 Å². The van der Waals surface area contributed by atoms with E-state index in [9.17, 15) is 14.7 Å². The predicted octanol–water partition coefficient (Wildman–Crippen LogP) is 6.17. The first-order valence-corrected chi connectivity index (χ1v) is 11.4. The molecule has 1 aliphatic heterocycles.